The van der Waals surface area contributed by atoms with E-state index in [1.807, 2.05) is 48.5 Å². The van der Waals surface area contributed by atoms with Crippen LogP contribution in [0.2, 0.25) is 0 Å². The van der Waals surface area contributed by atoms with E-state index in [9.17, 15) is 9.59 Å². The second-order valence-corrected chi connectivity index (χ2v) is 9.19. The number of halogens is 1. The van der Waals surface area contributed by atoms with E-state index in [0.29, 0.717) is 42.3 Å². The van der Waals surface area contributed by atoms with E-state index in [0.717, 1.165) is 10.0 Å². The van der Waals surface area contributed by atoms with Crippen molar-refractivity contribution in [1.29, 1.82) is 0 Å². The quantitative estimate of drug-likeness (QED) is 0.361. The third-order valence-corrected chi connectivity index (χ3v) is 5.98. The molecule has 0 saturated carbocycles. The average molecular weight is 524 g/mol. The standard InChI is InChI=1S/C25H26BrN5O3/c1-17(2)19-5-9-21(10-6-19)34-15-23(32)27-11-12-31-24-22(13-29-31)25(33)30(16-28-24)14-18-3-7-20(26)8-4-18/h3-10,13,16-17H,11-12,14-15H2,1-2H3,(H,27,32). The van der Waals surface area contributed by atoms with E-state index in [1.54, 1.807) is 9.25 Å². The monoisotopic (exact) mass is 523 g/mol. The molecule has 34 heavy (non-hydrogen) atoms. The van der Waals surface area contributed by atoms with Crippen LogP contribution in [0.4, 0.5) is 0 Å². The van der Waals surface area contributed by atoms with Crippen LogP contribution in [0.25, 0.3) is 11.0 Å². The lowest BCUT2D eigenvalue weighted by atomic mass is 10.0. The Morgan fingerprint density at radius 1 is 1.12 bits per heavy atom. The Morgan fingerprint density at radius 3 is 2.56 bits per heavy atom. The highest BCUT2D eigenvalue weighted by molar-refractivity contribution is 9.10. The lowest BCUT2D eigenvalue weighted by Gasteiger charge is -2.10. The topological polar surface area (TPSA) is 91.0 Å². The lowest BCUT2D eigenvalue weighted by Crippen LogP contribution is -2.31. The number of hydrogen-bond donors (Lipinski definition) is 1. The van der Waals surface area contributed by atoms with E-state index in [-0.39, 0.29) is 18.1 Å². The zero-order valence-corrected chi connectivity index (χ0v) is 20.7. The number of aromatic nitrogens is 4. The Bertz CT molecular complexity index is 1330. The summed E-state index contributed by atoms with van der Waals surface area (Å²) in [5.74, 6) is 0.870. The van der Waals surface area contributed by atoms with Crippen molar-refractivity contribution in [3.05, 3.63) is 87.0 Å². The van der Waals surface area contributed by atoms with Crippen LogP contribution in [-0.4, -0.2) is 38.4 Å². The van der Waals surface area contributed by atoms with Gasteiger partial charge >= 0.3 is 0 Å². The number of rotatable bonds is 9. The van der Waals surface area contributed by atoms with Gasteiger partial charge in [-0.25, -0.2) is 9.67 Å². The molecule has 0 radical (unpaired) electrons. The van der Waals surface area contributed by atoms with Gasteiger partial charge in [-0.1, -0.05) is 54.0 Å². The van der Waals surface area contributed by atoms with Gasteiger partial charge in [-0.05, 0) is 41.3 Å². The number of amides is 1. The van der Waals surface area contributed by atoms with Crippen molar-refractivity contribution in [2.45, 2.75) is 32.9 Å². The SMILES string of the molecule is CC(C)c1ccc(OCC(=O)NCCn2ncc3c(=O)n(Cc4ccc(Br)cc4)cnc32)cc1. The molecule has 0 atom stereocenters. The summed E-state index contributed by atoms with van der Waals surface area (Å²) < 4.78 is 9.71. The van der Waals surface area contributed by atoms with Crippen molar-refractivity contribution in [3.63, 3.8) is 0 Å². The number of hydrogen-bond acceptors (Lipinski definition) is 5. The third kappa shape index (κ3) is 5.72. The van der Waals surface area contributed by atoms with Crippen molar-refractivity contribution in [2.24, 2.45) is 0 Å². The molecule has 2 aromatic carbocycles. The summed E-state index contributed by atoms with van der Waals surface area (Å²) in [6, 6.07) is 15.5. The minimum atomic E-state index is -0.228. The van der Waals surface area contributed by atoms with E-state index >= 15 is 0 Å². The third-order valence-electron chi connectivity index (χ3n) is 5.45. The molecule has 1 amide bonds. The van der Waals surface area contributed by atoms with Gasteiger partial charge in [0, 0.05) is 11.0 Å². The van der Waals surface area contributed by atoms with Crippen molar-refractivity contribution in [1.82, 2.24) is 24.6 Å². The number of ether oxygens (including phenoxy) is 1. The normalized spacial score (nSPS) is 11.2. The van der Waals surface area contributed by atoms with Crippen LogP contribution in [0.3, 0.4) is 0 Å². The van der Waals surface area contributed by atoms with Gasteiger partial charge < -0.3 is 10.1 Å². The molecule has 0 unspecified atom stereocenters. The zero-order valence-electron chi connectivity index (χ0n) is 19.1. The van der Waals surface area contributed by atoms with Gasteiger partial charge in [-0.2, -0.15) is 5.10 Å². The van der Waals surface area contributed by atoms with Crippen LogP contribution in [0.1, 0.15) is 30.9 Å². The van der Waals surface area contributed by atoms with Crippen molar-refractivity contribution in [2.75, 3.05) is 13.2 Å². The minimum Gasteiger partial charge on any atom is -0.484 e. The molecule has 4 aromatic rings. The number of nitrogens with one attached hydrogen (secondary N) is 1. The van der Waals surface area contributed by atoms with E-state index < -0.39 is 0 Å². The Kier molecular flexibility index (Phi) is 7.42. The molecule has 9 heteroatoms. The summed E-state index contributed by atoms with van der Waals surface area (Å²) in [6.07, 6.45) is 3.05. The van der Waals surface area contributed by atoms with Crippen LogP contribution in [0.15, 0.2) is 70.3 Å². The van der Waals surface area contributed by atoms with Crippen LogP contribution < -0.4 is 15.6 Å². The van der Waals surface area contributed by atoms with Crippen LogP contribution in [0.5, 0.6) is 5.75 Å². The number of nitrogens with zero attached hydrogens (tertiary/aromatic N) is 4. The average Bonchev–Trinajstić information content (AvgIpc) is 3.25. The number of carbonyl (C=O) groups is 1. The molecule has 8 nitrogen and oxygen atoms in total. The Hall–Kier alpha value is -3.46. The summed E-state index contributed by atoms with van der Waals surface area (Å²) in [4.78, 5) is 29.4. The van der Waals surface area contributed by atoms with Gasteiger partial charge in [0.15, 0.2) is 12.3 Å². The van der Waals surface area contributed by atoms with Crippen molar-refractivity contribution in [3.8, 4) is 5.75 Å². The second-order valence-electron chi connectivity index (χ2n) is 8.27. The highest BCUT2D eigenvalue weighted by Crippen LogP contribution is 2.18. The molecule has 0 spiro atoms. The molecular weight excluding hydrogens is 498 g/mol. The van der Waals surface area contributed by atoms with E-state index in [4.69, 9.17) is 4.74 Å². The molecule has 1 N–H and O–H groups in total. The highest BCUT2D eigenvalue weighted by atomic mass is 79.9. The van der Waals surface area contributed by atoms with Crippen molar-refractivity contribution < 1.29 is 9.53 Å². The molecule has 0 saturated heterocycles. The van der Waals surface area contributed by atoms with Gasteiger partial charge in [-0.15, -0.1) is 0 Å². The predicted molar refractivity (Wildman–Crippen MR) is 134 cm³/mol. The Balaban J connectivity index is 1.31. The van der Waals surface area contributed by atoms with Gasteiger partial charge in [0.2, 0.25) is 0 Å². The predicted octanol–water partition coefficient (Wildman–Crippen LogP) is 3.72. The zero-order chi connectivity index (χ0) is 24.1. The molecule has 2 aromatic heterocycles. The first-order chi connectivity index (χ1) is 16.4. The molecule has 176 valence electrons. The largest absolute Gasteiger partial charge is 0.484 e. The first-order valence-corrected chi connectivity index (χ1v) is 11.8. The number of carbonyl (C=O) groups excluding carboxylic acids is 1. The maximum absolute atomic E-state index is 12.8. The number of fused-ring (bicyclic) bond motifs is 1. The molecule has 4 rings (SSSR count). The molecule has 0 fully saturated rings. The summed E-state index contributed by atoms with van der Waals surface area (Å²) in [5.41, 5.74) is 2.56. The van der Waals surface area contributed by atoms with Gasteiger partial charge in [0.1, 0.15) is 17.5 Å². The number of benzene rings is 2. The Labute approximate surface area is 205 Å². The lowest BCUT2D eigenvalue weighted by molar-refractivity contribution is -0.123. The van der Waals surface area contributed by atoms with Crippen LogP contribution in [-0.2, 0) is 17.9 Å². The molecule has 0 aliphatic heterocycles. The van der Waals surface area contributed by atoms with Crippen LogP contribution in [0, 0.1) is 0 Å². The van der Waals surface area contributed by atoms with Crippen molar-refractivity contribution >= 4 is 32.9 Å². The summed E-state index contributed by atoms with van der Waals surface area (Å²) >= 11 is 3.41. The fourth-order valence-corrected chi connectivity index (χ4v) is 3.77. The molecular formula is C25H26BrN5O3. The van der Waals surface area contributed by atoms with E-state index in [1.165, 1.54) is 18.1 Å². The maximum atomic E-state index is 12.8. The molecule has 0 bridgehead atoms. The van der Waals surface area contributed by atoms with Gasteiger partial charge in [-0.3, -0.25) is 14.2 Å². The summed E-state index contributed by atoms with van der Waals surface area (Å²) in [6.45, 7) is 5.34. The fourth-order valence-electron chi connectivity index (χ4n) is 3.51. The smallest absolute Gasteiger partial charge is 0.264 e. The minimum absolute atomic E-state index is 0.0695. The fraction of sp³-hybridized carbons (Fsp3) is 0.280. The van der Waals surface area contributed by atoms with E-state index in [2.05, 4.69) is 45.2 Å². The molecule has 0 aliphatic rings. The van der Waals surface area contributed by atoms with Gasteiger partial charge in [0.25, 0.3) is 11.5 Å². The summed E-state index contributed by atoms with van der Waals surface area (Å²) in [7, 11) is 0. The Morgan fingerprint density at radius 2 is 1.85 bits per heavy atom. The molecule has 2 heterocycles. The summed E-state index contributed by atoms with van der Waals surface area (Å²) in [5, 5.41) is 7.53. The first-order valence-electron chi connectivity index (χ1n) is 11.1. The maximum Gasteiger partial charge on any atom is 0.264 e. The van der Waals surface area contributed by atoms with Gasteiger partial charge in [0.05, 0.1) is 19.3 Å². The first kappa shape index (κ1) is 23.7. The highest BCUT2D eigenvalue weighted by Gasteiger charge is 2.11. The second kappa shape index (κ2) is 10.6. The molecule has 0 aliphatic carbocycles. The van der Waals surface area contributed by atoms with Crippen LogP contribution >= 0.6 is 15.9 Å².